The average molecular weight is 448 g/mol. The number of carbonyl (C=O) groups excluding carboxylic acids is 2. The van der Waals surface area contributed by atoms with E-state index in [2.05, 4.69) is 10.3 Å². The van der Waals surface area contributed by atoms with E-state index >= 15 is 0 Å². The second-order valence-corrected chi connectivity index (χ2v) is 7.38. The molecule has 2 aliphatic heterocycles. The van der Waals surface area contributed by atoms with Crippen LogP contribution in [0.25, 0.3) is 0 Å². The number of carbonyl (C=O) groups is 2. The van der Waals surface area contributed by atoms with Crippen molar-refractivity contribution in [2.24, 2.45) is 15.9 Å². The normalized spacial score (nSPS) is 18.8. The molecule has 10 nitrogen and oxygen atoms in total. The second-order valence-electron chi connectivity index (χ2n) is 7.38. The van der Waals surface area contributed by atoms with E-state index in [0.717, 1.165) is 0 Å². The van der Waals surface area contributed by atoms with E-state index in [1.54, 1.807) is 50.4 Å². The van der Waals surface area contributed by atoms with Gasteiger partial charge in [-0.15, -0.1) is 0 Å². The third-order valence-corrected chi connectivity index (χ3v) is 5.39. The first-order valence-electron chi connectivity index (χ1n) is 10.2. The Kier molecular flexibility index (Phi) is 5.99. The van der Waals surface area contributed by atoms with Crippen LogP contribution in [0, 0.1) is 16.0 Å². The molecule has 0 radical (unpaired) electrons. The maximum atomic E-state index is 12.9. The largest absolute Gasteiger partial charge is 0.463 e. The van der Waals surface area contributed by atoms with E-state index in [1.807, 2.05) is 0 Å². The standard InChI is InChI=1S/C23H20N4O6/c1-3-32-23(29)20-13(2)25-22-17(21(20)14-5-4-6-15(9-14)27(30)31)11-24-19-10-16(33-12-28)7-8-18(19)26-22/h4-12,17,21H,3H2,1-2H3,(H,25,26)/t17?,21-/m0/s1. The monoisotopic (exact) mass is 448 g/mol. The predicted octanol–water partition coefficient (Wildman–Crippen LogP) is 3.72. The number of amidine groups is 1. The van der Waals surface area contributed by atoms with Gasteiger partial charge in [-0.25, -0.2) is 9.79 Å². The van der Waals surface area contributed by atoms with Gasteiger partial charge < -0.3 is 14.8 Å². The Morgan fingerprint density at radius 3 is 2.79 bits per heavy atom. The van der Waals surface area contributed by atoms with E-state index in [9.17, 15) is 19.7 Å². The average Bonchev–Trinajstić information content (AvgIpc) is 2.97. The first-order valence-corrected chi connectivity index (χ1v) is 10.2. The van der Waals surface area contributed by atoms with Crippen molar-refractivity contribution in [1.29, 1.82) is 0 Å². The molecule has 1 unspecified atom stereocenters. The fourth-order valence-corrected chi connectivity index (χ4v) is 3.99. The number of nitro benzene ring substituents is 1. The van der Waals surface area contributed by atoms with Crippen molar-refractivity contribution < 1.29 is 24.0 Å². The number of rotatable bonds is 6. The molecule has 0 amide bonds. The van der Waals surface area contributed by atoms with Gasteiger partial charge in [0.2, 0.25) is 0 Å². The number of nitrogens with one attached hydrogen (secondary N) is 1. The second kappa shape index (κ2) is 9.03. The van der Waals surface area contributed by atoms with E-state index in [-0.39, 0.29) is 12.3 Å². The Morgan fingerprint density at radius 2 is 2.06 bits per heavy atom. The summed E-state index contributed by atoms with van der Waals surface area (Å²) in [7, 11) is 0. The van der Waals surface area contributed by atoms with Crippen LogP contribution in [-0.2, 0) is 14.3 Å². The Bertz CT molecular complexity index is 1230. The van der Waals surface area contributed by atoms with Crippen LogP contribution in [0.5, 0.6) is 5.75 Å². The number of hydrogen-bond acceptors (Lipinski definition) is 9. The maximum Gasteiger partial charge on any atom is 0.336 e. The van der Waals surface area contributed by atoms with Gasteiger partial charge in [0.05, 0.1) is 34.4 Å². The van der Waals surface area contributed by atoms with E-state index in [0.29, 0.717) is 46.3 Å². The van der Waals surface area contributed by atoms with Crippen LogP contribution in [0.2, 0.25) is 0 Å². The fourth-order valence-electron chi connectivity index (χ4n) is 3.99. The Morgan fingerprint density at radius 1 is 1.24 bits per heavy atom. The first-order chi connectivity index (χ1) is 15.9. The summed E-state index contributed by atoms with van der Waals surface area (Å²) >= 11 is 0. The van der Waals surface area contributed by atoms with Gasteiger partial charge in [0, 0.05) is 36.0 Å². The fraction of sp³-hybridized carbons (Fsp3) is 0.217. The molecule has 1 N–H and O–H groups in total. The zero-order chi connectivity index (χ0) is 23.5. The first kappa shape index (κ1) is 21.9. The molecule has 0 aromatic heterocycles. The zero-order valence-electron chi connectivity index (χ0n) is 17.8. The molecule has 0 spiro atoms. The minimum Gasteiger partial charge on any atom is -0.463 e. The number of fused-ring (bicyclic) bond motifs is 2. The summed E-state index contributed by atoms with van der Waals surface area (Å²) < 4.78 is 10.2. The highest BCUT2D eigenvalue weighted by Crippen LogP contribution is 2.42. The lowest BCUT2D eigenvalue weighted by Gasteiger charge is -2.33. The minimum atomic E-state index is -0.618. The number of esters is 1. The van der Waals surface area contributed by atoms with Gasteiger partial charge in [-0.2, -0.15) is 0 Å². The maximum absolute atomic E-state index is 12.9. The topological polar surface area (TPSA) is 132 Å². The molecule has 0 saturated carbocycles. The zero-order valence-corrected chi connectivity index (χ0v) is 17.8. The number of benzene rings is 2. The van der Waals surface area contributed by atoms with Gasteiger partial charge >= 0.3 is 5.97 Å². The molecule has 10 heteroatoms. The Hall–Kier alpha value is -4.34. The molecule has 0 aliphatic carbocycles. The Balaban J connectivity index is 1.87. The number of non-ortho nitro benzene ring substituents is 1. The van der Waals surface area contributed by atoms with E-state index in [4.69, 9.17) is 14.5 Å². The molecule has 2 heterocycles. The van der Waals surface area contributed by atoms with Crippen molar-refractivity contribution in [2.45, 2.75) is 19.8 Å². The van der Waals surface area contributed by atoms with Crippen molar-refractivity contribution in [3.05, 3.63) is 69.4 Å². The molecule has 0 bridgehead atoms. The van der Waals surface area contributed by atoms with Crippen molar-refractivity contribution in [3.8, 4) is 5.75 Å². The molecule has 168 valence electrons. The van der Waals surface area contributed by atoms with Gasteiger partial charge in [-0.05, 0) is 31.5 Å². The van der Waals surface area contributed by atoms with Gasteiger partial charge in [0.25, 0.3) is 12.2 Å². The van der Waals surface area contributed by atoms with Crippen molar-refractivity contribution in [1.82, 2.24) is 5.32 Å². The van der Waals surface area contributed by atoms with Crippen LogP contribution < -0.4 is 10.1 Å². The number of allylic oxidation sites excluding steroid dienone is 1. The molecular weight excluding hydrogens is 428 g/mol. The summed E-state index contributed by atoms with van der Waals surface area (Å²) in [5, 5.41) is 14.6. The molecule has 2 aliphatic rings. The Labute approximate surface area is 188 Å². The minimum absolute atomic E-state index is 0.0881. The lowest BCUT2D eigenvalue weighted by atomic mass is 9.77. The molecule has 4 rings (SSSR count). The lowest BCUT2D eigenvalue weighted by molar-refractivity contribution is -0.384. The third kappa shape index (κ3) is 4.22. The van der Waals surface area contributed by atoms with Gasteiger partial charge in [-0.1, -0.05) is 12.1 Å². The SMILES string of the molecule is CCOC(=O)C1=C(C)NC2=Nc3ccc(OC=O)cc3N=CC2[C@@H]1c1cccc([N+](=O)[O-])c1. The van der Waals surface area contributed by atoms with E-state index < -0.39 is 22.7 Å². The van der Waals surface area contributed by atoms with Gasteiger partial charge in [0.15, 0.2) is 0 Å². The van der Waals surface area contributed by atoms with Crippen LogP contribution in [0.4, 0.5) is 17.1 Å². The molecule has 0 saturated heterocycles. The predicted molar refractivity (Wildman–Crippen MR) is 120 cm³/mol. The lowest BCUT2D eigenvalue weighted by Crippen LogP contribution is -2.42. The van der Waals surface area contributed by atoms with Crippen molar-refractivity contribution in [2.75, 3.05) is 6.61 Å². The van der Waals surface area contributed by atoms with Gasteiger partial charge in [-0.3, -0.25) is 19.9 Å². The highest BCUT2D eigenvalue weighted by atomic mass is 16.6. The summed E-state index contributed by atoms with van der Waals surface area (Å²) in [4.78, 5) is 43.7. The highest BCUT2D eigenvalue weighted by molar-refractivity contribution is 6.08. The van der Waals surface area contributed by atoms with Crippen LogP contribution in [0.1, 0.15) is 25.3 Å². The summed E-state index contributed by atoms with van der Waals surface area (Å²) in [6.07, 6.45) is 1.64. The summed E-state index contributed by atoms with van der Waals surface area (Å²) in [6, 6.07) is 11.0. The molecule has 33 heavy (non-hydrogen) atoms. The number of ether oxygens (including phenoxy) is 2. The van der Waals surface area contributed by atoms with Crippen LogP contribution in [-0.4, -0.2) is 36.0 Å². The summed E-state index contributed by atoms with van der Waals surface area (Å²) in [6.45, 7) is 3.95. The molecular formula is C23H20N4O6. The summed E-state index contributed by atoms with van der Waals surface area (Å²) in [5.41, 5.74) is 2.38. The molecule has 2 aromatic carbocycles. The molecule has 2 atom stereocenters. The number of nitrogens with zero attached hydrogens (tertiary/aromatic N) is 3. The molecule has 2 aromatic rings. The quantitative estimate of drug-likeness (QED) is 0.308. The van der Waals surface area contributed by atoms with Crippen LogP contribution in [0.3, 0.4) is 0 Å². The number of hydrogen-bond donors (Lipinski definition) is 1. The van der Waals surface area contributed by atoms with Crippen molar-refractivity contribution in [3.63, 3.8) is 0 Å². The highest BCUT2D eigenvalue weighted by Gasteiger charge is 2.40. The van der Waals surface area contributed by atoms with E-state index in [1.165, 1.54) is 12.1 Å². The molecule has 0 fully saturated rings. The number of nitro groups is 1. The smallest absolute Gasteiger partial charge is 0.336 e. The number of aliphatic imine (C=N–C) groups is 2. The van der Waals surface area contributed by atoms with Crippen LogP contribution in [0.15, 0.2) is 63.7 Å². The third-order valence-electron chi connectivity index (χ3n) is 5.39. The van der Waals surface area contributed by atoms with Crippen LogP contribution >= 0.6 is 0 Å². The van der Waals surface area contributed by atoms with Gasteiger partial charge in [0.1, 0.15) is 11.6 Å². The summed E-state index contributed by atoms with van der Waals surface area (Å²) in [5.74, 6) is -0.820. The van der Waals surface area contributed by atoms with Crippen molar-refractivity contribution >= 4 is 41.6 Å².